The van der Waals surface area contributed by atoms with Gasteiger partial charge in [0.25, 0.3) is 5.91 Å². The Morgan fingerprint density at radius 1 is 1.38 bits per heavy atom. The second-order valence-electron chi connectivity index (χ2n) is 4.18. The van der Waals surface area contributed by atoms with Crippen LogP contribution < -0.4 is 5.32 Å². The van der Waals surface area contributed by atoms with Crippen molar-refractivity contribution >= 4 is 5.91 Å². The molecule has 0 saturated heterocycles. The van der Waals surface area contributed by atoms with Crippen LogP contribution in [-0.4, -0.2) is 22.4 Å². The summed E-state index contributed by atoms with van der Waals surface area (Å²) in [5.74, 6) is 1.26. The number of hydrogen-bond acceptors (Lipinski definition) is 3. The molecule has 1 aromatic rings. The van der Waals surface area contributed by atoms with Crippen molar-refractivity contribution in [2.24, 2.45) is 5.92 Å². The van der Waals surface area contributed by atoms with E-state index in [1.54, 1.807) is 12.4 Å². The van der Waals surface area contributed by atoms with Gasteiger partial charge < -0.3 is 5.32 Å². The molecule has 0 unspecified atom stereocenters. The van der Waals surface area contributed by atoms with Gasteiger partial charge in [-0.25, -0.2) is 9.97 Å². The molecule has 1 N–H and O–H groups in total. The van der Waals surface area contributed by atoms with E-state index in [1.165, 1.54) is 0 Å². The molecule has 0 atom stereocenters. The van der Waals surface area contributed by atoms with Gasteiger partial charge in [0.15, 0.2) is 0 Å². The van der Waals surface area contributed by atoms with Gasteiger partial charge in [0.05, 0.1) is 5.56 Å². The van der Waals surface area contributed by atoms with Crippen LogP contribution in [0.25, 0.3) is 0 Å². The Morgan fingerprint density at radius 3 is 2.50 bits per heavy atom. The van der Waals surface area contributed by atoms with Gasteiger partial charge in [-0.3, -0.25) is 4.79 Å². The molecule has 1 heterocycles. The lowest BCUT2D eigenvalue weighted by atomic mass is 10.1. The zero-order chi connectivity index (χ0) is 12.0. The molecule has 16 heavy (non-hydrogen) atoms. The Morgan fingerprint density at radius 2 is 2.00 bits per heavy atom. The van der Waals surface area contributed by atoms with Crippen LogP contribution in [0.1, 0.15) is 43.4 Å². The number of carbonyl (C=O) groups excluding carboxylic acids is 1. The first-order valence-corrected chi connectivity index (χ1v) is 5.72. The van der Waals surface area contributed by atoms with Gasteiger partial charge in [0.1, 0.15) is 5.82 Å². The van der Waals surface area contributed by atoms with Crippen molar-refractivity contribution in [3.8, 4) is 0 Å². The number of nitrogens with one attached hydrogen (secondary N) is 1. The van der Waals surface area contributed by atoms with Gasteiger partial charge in [-0.1, -0.05) is 20.8 Å². The van der Waals surface area contributed by atoms with Crippen molar-refractivity contribution in [2.75, 3.05) is 6.54 Å². The minimum atomic E-state index is -0.0942. The van der Waals surface area contributed by atoms with E-state index in [9.17, 15) is 4.79 Å². The fraction of sp³-hybridized carbons (Fsp3) is 0.583. The molecular weight excluding hydrogens is 202 g/mol. The SMILES string of the molecule is CCc1ncc(C(=O)NCCC(C)C)cn1. The highest BCUT2D eigenvalue weighted by molar-refractivity contribution is 5.93. The maximum atomic E-state index is 11.6. The van der Waals surface area contributed by atoms with E-state index in [4.69, 9.17) is 0 Å². The summed E-state index contributed by atoms with van der Waals surface area (Å²) in [6.07, 6.45) is 4.93. The quantitative estimate of drug-likeness (QED) is 0.825. The number of nitrogens with zero attached hydrogens (tertiary/aromatic N) is 2. The first kappa shape index (κ1) is 12.6. The average Bonchev–Trinajstić information content (AvgIpc) is 2.28. The summed E-state index contributed by atoms with van der Waals surface area (Å²) in [6.45, 7) is 6.94. The summed E-state index contributed by atoms with van der Waals surface area (Å²) in [4.78, 5) is 19.8. The van der Waals surface area contributed by atoms with E-state index in [-0.39, 0.29) is 5.91 Å². The third-order valence-corrected chi connectivity index (χ3v) is 2.29. The van der Waals surface area contributed by atoms with Gasteiger partial charge in [-0.15, -0.1) is 0 Å². The smallest absolute Gasteiger partial charge is 0.254 e. The number of amides is 1. The summed E-state index contributed by atoms with van der Waals surface area (Å²) in [5, 5.41) is 2.85. The fourth-order valence-corrected chi connectivity index (χ4v) is 1.23. The molecule has 0 fully saturated rings. The Hall–Kier alpha value is -1.45. The van der Waals surface area contributed by atoms with E-state index in [2.05, 4.69) is 29.1 Å². The Kier molecular flexibility index (Phi) is 4.89. The largest absolute Gasteiger partial charge is 0.352 e. The molecule has 0 aliphatic carbocycles. The lowest BCUT2D eigenvalue weighted by Gasteiger charge is -2.06. The highest BCUT2D eigenvalue weighted by Gasteiger charge is 2.06. The summed E-state index contributed by atoms with van der Waals surface area (Å²) in [6, 6.07) is 0. The van der Waals surface area contributed by atoms with Gasteiger partial charge in [-0.05, 0) is 12.3 Å². The second-order valence-corrected chi connectivity index (χ2v) is 4.18. The maximum Gasteiger partial charge on any atom is 0.254 e. The van der Waals surface area contributed by atoms with Crippen molar-refractivity contribution < 1.29 is 4.79 Å². The molecule has 1 rings (SSSR count). The third kappa shape index (κ3) is 3.96. The van der Waals surface area contributed by atoms with Gasteiger partial charge in [0, 0.05) is 25.4 Å². The van der Waals surface area contributed by atoms with E-state index in [1.807, 2.05) is 6.92 Å². The van der Waals surface area contributed by atoms with E-state index in [0.717, 1.165) is 18.7 Å². The minimum Gasteiger partial charge on any atom is -0.352 e. The lowest BCUT2D eigenvalue weighted by Crippen LogP contribution is -2.25. The van der Waals surface area contributed by atoms with E-state index < -0.39 is 0 Å². The molecule has 88 valence electrons. The topological polar surface area (TPSA) is 54.9 Å². The highest BCUT2D eigenvalue weighted by atomic mass is 16.1. The maximum absolute atomic E-state index is 11.6. The van der Waals surface area contributed by atoms with Crippen LogP contribution in [-0.2, 0) is 6.42 Å². The van der Waals surface area contributed by atoms with Crippen LogP contribution in [0.4, 0.5) is 0 Å². The van der Waals surface area contributed by atoms with E-state index in [0.29, 0.717) is 18.0 Å². The molecule has 4 nitrogen and oxygen atoms in total. The van der Waals surface area contributed by atoms with Gasteiger partial charge >= 0.3 is 0 Å². The number of carbonyl (C=O) groups is 1. The van der Waals surface area contributed by atoms with Gasteiger partial charge in [0.2, 0.25) is 0 Å². The Bertz CT molecular complexity index is 333. The second kappa shape index (κ2) is 6.20. The summed E-state index contributed by atoms with van der Waals surface area (Å²) >= 11 is 0. The van der Waals surface area contributed by atoms with Crippen LogP contribution in [0.3, 0.4) is 0 Å². The van der Waals surface area contributed by atoms with Crippen molar-refractivity contribution in [3.05, 3.63) is 23.8 Å². The fourth-order valence-electron chi connectivity index (χ4n) is 1.23. The third-order valence-electron chi connectivity index (χ3n) is 2.29. The van der Waals surface area contributed by atoms with Crippen LogP contribution in [0.2, 0.25) is 0 Å². The summed E-state index contributed by atoms with van der Waals surface area (Å²) in [5.41, 5.74) is 0.529. The molecule has 0 aliphatic rings. The molecule has 0 spiro atoms. The molecule has 1 amide bonds. The van der Waals surface area contributed by atoms with Crippen LogP contribution in [0.5, 0.6) is 0 Å². The number of aryl methyl sites for hydroxylation is 1. The first-order valence-electron chi connectivity index (χ1n) is 5.72. The van der Waals surface area contributed by atoms with Gasteiger partial charge in [-0.2, -0.15) is 0 Å². The molecule has 0 radical (unpaired) electrons. The number of rotatable bonds is 5. The summed E-state index contributed by atoms with van der Waals surface area (Å²) in [7, 11) is 0. The minimum absolute atomic E-state index is 0.0942. The van der Waals surface area contributed by atoms with E-state index >= 15 is 0 Å². The van der Waals surface area contributed by atoms with Crippen molar-refractivity contribution in [2.45, 2.75) is 33.6 Å². The molecule has 4 heteroatoms. The zero-order valence-corrected chi connectivity index (χ0v) is 10.2. The number of hydrogen-bond donors (Lipinski definition) is 1. The standard InChI is InChI=1S/C12H19N3O/c1-4-11-14-7-10(8-15-11)12(16)13-6-5-9(2)3/h7-9H,4-6H2,1-3H3,(H,13,16). The van der Waals surface area contributed by atoms with Crippen LogP contribution in [0.15, 0.2) is 12.4 Å². The lowest BCUT2D eigenvalue weighted by molar-refractivity contribution is 0.0951. The normalized spacial score (nSPS) is 10.5. The Labute approximate surface area is 96.5 Å². The zero-order valence-electron chi connectivity index (χ0n) is 10.2. The first-order chi connectivity index (χ1) is 7.63. The number of aromatic nitrogens is 2. The molecule has 0 bridgehead atoms. The summed E-state index contributed by atoms with van der Waals surface area (Å²) < 4.78 is 0. The molecule has 0 saturated carbocycles. The molecule has 0 aliphatic heterocycles. The molecule has 0 aromatic carbocycles. The van der Waals surface area contributed by atoms with Crippen molar-refractivity contribution in [1.29, 1.82) is 0 Å². The van der Waals surface area contributed by atoms with Crippen LogP contribution in [0, 0.1) is 5.92 Å². The predicted octanol–water partition coefficient (Wildman–Crippen LogP) is 1.81. The molecule has 1 aromatic heterocycles. The van der Waals surface area contributed by atoms with Crippen molar-refractivity contribution in [3.63, 3.8) is 0 Å². The monoisotopic (exact) mass is 221 g/mol. The molecular formula is C12H19N3O. The average molecular weight is 221 g/mol. The van der Waals surface area contributed by atoms with Crippen molar-refractivity contribution in [1.82, 2.24) is 15.3 Å². The van der Waals surface area contributed by atoms with Crippen LogP contribution >= 0.6 is 0 Å². The highest BCUT2D eigenvalue weighted by Crippen LogP contribution is 1.99. The Balaban J connectivity index is 2.46. The predicted molar refractivity (Wildman–Crippen MR) is 63.2 cm³/mol.